The number of para-hydroxylation sites is 2. The molecule has 2 aromatic rings. The number of carbonyl (C=O) groups is 1. The molecular formula is C15H18N4O2S. The quantitative estimate of drug-likeness (QED) is 0.945. The van der Waals surface area contributed by atoms with Crippen molar-refractivity contribution in [1.29, 1.82) is 0 Å². The van der Waals surface area contributed by atoms with Crippen LogP contribution in [0, 0.1) is 0 Å². The Labute approximate surface area is 133 Å². The molecule has 0 saturated carbocycles. The lowest BCUT2D eigenvalue weighted by Crippen LogP contribution is -2.50. The molecule has 0 atom stereocenters. The number of methoxy groups -OCH3 is 1. The van der Waals surface area contributed by atoms with Crippen LogP contribution in [0.2, 0.25) is 0 Å². The summed E-state index contributed by atoms with van der Waals surface area (Å²) in [5.74, 6) is 0.664. The summed E-state index contributed by atoms with van der Waals surface area (Å²) in [5, 5.41) is 5.90. The number of ether oxygens (including phenoxy) is 1. The largest absolute Gasteiger partial charge is 0.495 e. The van der Waals surface area contributed by atoms with Gasteiger partial charge in [0.25, 0.3) is 0 Å². The van der Waals surface area contributed by atoms with E-state index in [1.807, 2.05) is 34.5 Å². The predicted molar refractivity (Wildman–Crippen MR) is 87.9 cm³/mol. The Kier molecular flexibility index (Phi) is 4.43. The topological polar surface area (TPSA) is 57.7 Å². The minimum atomic E-state index is -0.0942. The molecule has 0 bridgehead atoms. The van der Waals surface area contributed by atoms with E-state index in [-0.39, 0.29) is 6.03 Å². The number of aromatic nitrogens is 1. The molecule has 2 heterocycles. The Bertz CT molecular complexity index is 624. The van der Waals surface area contributed by atoms with E-state index in [9.17, 15) is 4.79 Å². The van der Waals surface area contributed by atoms with Gasteiger partial charge in [-0.05, 0) is 12.1 Å². The SMILES string of the molecule is COc1ccccc1NC(=O)N1CCN(c2nccs2)CC1. The fraction of sp³-hybridized carbons (Fsp3) is 0.333. The van der Waals surface area contributed by atoms with Gasteiger partial charge in [-0.2, -0.15) is 0 Å². The van der Waals surface area contributed by atoms with Gasteiger partial charge in [0.05, 0.1) is 12.8 Å². The van der Waals surface area contributed by atoms with E-state index in [1.165, 1.54) is 0 Å². The summed E-state index contributed by atoms with van der Waals surface area (Å²) in [5.41, 5.74) is 0.692. The first-order valence-electron chi connectivity index (χ1n) is 7.11. The lowest BCUT2D eigenvalue weighted by molar-refractivity contribution is 0.208. The predicted octanol–water partition coefficient (Wildman–Crippen LogP) is 2.51. The van der Waals surface area contributed by atoms with E-state index < -0.39 is 0 Å². The van der Waals surface area contributed by atoms with E-state index in [2.05, 4.69) is 15.2 Å². The first-order chi connectivity index (χ1) is 10.8. The van der Waals surface area contributed by atoms with Crippen molar-refractivity contribution in [2.75, 3.05) is 43.5 Å². The number of nitrogens with zero attached hydrogens (tertiary/aromatic N) is 3. The minimum Gasteiger partial charge on any atom is -0.495 e. The molecule has 1 aromatic heterocycles. The number of hydrogen-bond donors (Lipinski definition) is 1. The number of piperazine rings is 1. The number of carbonyl (C=O) groups excluding carboxylic acids is 1. The van der Waals surface area contributed by atoms with Crippen molar-refractivity contribution in [3.63, 3.8) is 0 Å². The Balaban J connectivity index is 1.58. The number of hydrogen-bond acceptors (Lipinski definition) is 5. The van der Waals surface area contributed by atoms with E-state index in [0.717, 1.165) is 18.2 Å². The molecule has 3 rings (SSSR count). The van der Waals surface area contributed by atoms with Gasteiger partial charge >= 0.3 is 6.03 Å². The Hall–Kier alpha value is -2.28. The summed E-state index contributed by atoms with van der Waals surface area (Å²) in [7, 11) is 1.60. The zero-order chi connectivity index (χ0) is 15.4. The number of benzene rings is 1. The molecule has 2 amide bonds. The molecule has 1 aliphatic heterocycles. The van der Waals surface area contributed by atoms with Gasteiger partial charge in [-0.25, -0.2) is 9.78 Å². The van der Waals surface area contributed by atoms with Crippen LogP contribution in [0.1, 0.15) is 0 Å². The first kappa shape index (κ1) is 14.6. The Morgan fingerprint density at radius 2 is 2.05 bits per heavy atom. The summed E-state index contributed by atoms with van der Waals surface area (Å²) < 4.78 is 5.25. The summed E-state index contributed by atoms with van der Waals surface area (Å²) in [6.07, 6.45) is 1.81. The van der Waals surface area contributed by atoms with Gasteiger partial charge in [0, 0.05) is 37.8 Å². The van der Waals surface area contributed by atoms with Crippen LogP contribution in [0.5, 0.6) is 5.75 Å². The van der Waals surface area contributed by atoms with Gasteiger partial charge in [0.1, 0.15) is 5.75 Å². The number of nitrogens with one attached hydrogen (secondary N) is 1. The standard InChI is InChI=1S/C15H18N4O2S/c1-21-13-5-3-2-4-12(13)17-14(20)18-7-9-19(10-8-18)15-16-6-11-22-15/h2-6,11H,7-10H2,1H3,(H,17,20). The van der Waals surface area contributed by atoms with Crippen LogP contribution >= 0.6 is 11.3 Å². The number of amides is 2. The Morgan fingerprint density at radius 1 is 1.27 bits per heavy atom. The van der Waals surface area contributed by atoms with Gasteiger partial charge in [-0.3, -0.25) is 0 Å². The molecule has 0 radical (unpaired) electrons. The molecule has 0 unspecified atom stereocenters. The number of thiazole rings is 1. The average Bonchev–Trinajstić information content (AvgIpc) is 3.10. The maximum atomic E-state index is 12.4. The van der Waals surface area contributed by atoms with Crippen LogP contribution in [0.15, 0.2) is 35.8 Å². The summed E-state index contributed by atoms with van der Waals surface area (Å²) in [6.45, 7) is 2.96. The summed E-state index contributed by atoms with van der Waals surface area (Å²) in [6, 6.07) is 7.32. The monoisotopic (exact) mass is 318 g/mol. The number of anilines is 2. The molecule has 1 saturated heterocycles. The molecule has 22 heavy (non-hydrogen) atoms. The van der Waals surface area contributed by atoms with Gasteiger partial charge in [0.2, 0.25) is 0 Å². The van der Waals surface area contributed by atoms with Crippen LogP contribution in [0.25, 0.3) is 0 Å². The number of rotatable bonds is 3. The highest BCUT2D eigenvalue weighted by molar-refractivity contribution is 7.13. The highest BCUT2D eigenvalue weighted by Gasteiger charge is 2.22. The minimum absolute atomic E-state index is 0.0942. The zero-order valence-electron chi connectivity index (χ0n) is 12.4. The number of urea groups is 1. The van der Waals surface area contributed by atoms with Gasteiger partial charge < -0.3 is 19.9 Å². The second-order valence-electron chi connectivity index (χ2n) is 4.92. The molecule has 1 fully saturated rings. The van der Waals surface area contributed by atoms with E-state index in [0.29, 0.717) is 24.5 Å². The third-order valence-electron chi connectivity index (χ3n) is 3.61. The molecule has 1 aliphatic rings. The molecule has 1 aromatic carbocycles. The van der Waals surface area contributed by atoms with Crippen LogP contribution < -0.4 is 15.0 Å². The molecule has 7 heteroatoms. The summed E-state index contributed by atoms with van der Waals surface area (Å²) >= 11 is 1.63. The summed E-state index contributed by atoms with van der Waals surface area (Å²) in [4.78, 5) is 20.7. The fourth-order valence-electron chi connectivity index (χ4n) is 2.42. The van der Waals surface area contributed by atoms with Crippen LogP contribution in [0.4, 0.5) is 15.6 Å². The molecule has 116 valence electrons. The van der Waals surface area contributed by atoms with E-state index in [1.54, 1.807) is 24.6 Å². The van der Waals surface area contributed by atoms with Gasteiger partial charge in [-0.15, -0.1) is 11.3 Å². The van der Waals surface area contributed by atoms with Crippen molar-refractivity contribution in [2.24, 2.45) is 0 Å². The maximum Gasteiger partial charge on any atom is 0.322 e. The lowest BCUT2D eigenvalue weighted by atomic mass is 10.3. The third kappa shape index (κ3) is 3.14. The molecule has 0 spiro atoms. The molecule has 6 nitrogen and oxygen atoms in total. The van der Waals surface area contributed by atoms with Crippen LogP contribution in [-0.2, 0) is 0 Å². The van der Waals surface area contributed by atoms with E-state index in [4.69, 9.17) is 4.74 Å². The van der Waals surface area contributed by atoms with E-state index >= 15 is 0 Å². The zero-order valence-corrected chi connectivity index (χ0v) is 13.2. The molecule has 0 aliphatic carbocycles. The van der Waals surface area contributed by atoms with Crippen molar-refractivity contribution < 1.29 is 9.53 Å². The second-order valence-corrected chi connectivity index (χ2v) is 5.79. The van der Waals surface area contributed by atoms with Crippen LogP contribution in [0.3, 0.4) is 0 Å². The third-order valence-corrected chi connectivity index (χ3v) is 4.44. The normalized spacial score (nSPS) is 14.8. The second kappa shape index (κ2) is 6.65. The Morgan fingerprint density at radius 3 is 2.73 bits per heavy atom. The van der Waals surface area contributed by atoms with Crippen LogP contribution in [-0.4, -0.2) is 49.2 Å². The van der Waals surface area contributed by atoms with Crippen molar-refractivity contribution >= 4 is 28.2 Å². The highest BCUT2D eigenvalue weighted by atomic mass is 32.1. The maximum absolute atomic E-state index is 12.4. The lowest BCUT2D eigenvalue weighted by Gasteiger charge is -2.34. The molecule has 1 N–H and O–H groups in total. The average molecular weight is 318 g/mol. The van der Waals surface area contributed by atoms with Crippen molar-refractivity contribution in [2.45, 2.75) is 0 Å². The highest BCUT2D eigenvalue weighted by Crippen LogP contribution is 2.24. The molecular weight excluding hydrogens is 300 g/mol. The van der Waals surface area contributed by atoms with Crippen molar-refractivity contribution in [1.82, 2.24) is 9.88 Å². The van der Waals surface area contributed by atoms with Gasteiger partial charge in [-0.1, -0.05) is 12.1 Å². The van der Waals surface area contributed by atoms with Crippen molar-refractivity contribution in [3.05, 3.63) is 35.8 Å². The smallest absolute Gasteiger partial charge is 0.322 e. The fourth-order valence-corrected chi connectivity index (χ4v) is 3.11. The van der Waals surface area contributed by atoms with Gasteiger partial charge in [0.15, 0.2) is 5.13 Å². The van der Waals surface area contributed by atoms with Crippen molar-refractivity contribution in [3.8, 4) is 5.75 Å². The first-order valence-corrected chi connectivity index (χ1v) is 7.99.